The van der Waals surface area contributed by atoms with Gasteiger partial charge in [-0.25, -0.2) is 15.1 Å². The van der Waals surface area contributed by atoms with Gasteiger partial charge in [0.15, 0.2) is 6.10 Å². The number of rotatable bonds is 7. The Kier molecular flexibility index (Phi) is 6.41. The number of nitrogens with one attached hydrogen (secondary N) is 2. The standard InChI is InChI=1S/C24H26N2O6/c1-14(23(28)29)32-26-22(27)19-11-6-12-21(19)25-24(30)31-13-20-17-9-4-2-7-15(17)16-8-3-5-10-18(16)20/h2-5,7-10,14,19-21H,6,11-13H2,1H3,(H,25,30)(H,26,27)(H,28,29)/t14?,19-,21+/m0/s1. The number of ether oxygens (including phenoxy) is 1. The predicted molar refractivity (Wildman–Crippen MR) is 116 cm³/mol. The smallest absolute Gasteiger partial charge is 0.407 e. The van der Waals surface area contributed by atoms with E-state index in [1.54, 1.807) is 0 Å². The molecule has 0 heterocycles. The molecule has 3 N–H and O–H groups in total. The summed E-state index contributed by atoms with van der Waals surface area (Å²) in [7, 11) is 0. The molecule has 2 aliphatic carbocycles. The Hall–Kier alpha value is -3.39. The second kappa shape index (κ2) is 9.40. The lowest BCUT2D eigenvalue weighted by Crippen LogP contribution is -2.45. The van der Waals surface area contributed by atoms with Crippen molar-refractivity contribution in [3.05, 3.63) is 59.7 Å². The molecule has 0 bridgehead atoms. The van der Waals surface area contributed by atoms with Crippen LogP contribution < -0.4 is 10.8 Å². The summed E-state index contributed by atoms with van der Waals surface area (Å²) < 4.78 is 5.57. The van der Waals surface area contributed by atoms with Crippen LogP contribution in [-0.4, -0.2) is 41.8 Å². The summed E-state index contributed by atoms with van der Waals surface area (Å²) in [6, 6.07) is 15.8. The Balaban J connectivity index is 1.34. The molecule has 1 saturated carbocycles. The molecule has 0 aliphatic heterocycles. The van der Waals surface area contributed by atoms with Crippen molar-refractivity contribution in [2.24, 2.45) is 5.92 Å². The first-order valence-electron chi connectivity index (χ1n) is 10.8. The lowest BCUT2D eigenvalue weighted by molar-refractivity contribution is -0.160. The molecule has 1 unspecified atom stereocenters. The van der Waals surface area contributed by atoms with E-state index in [4.69, 9.17) is 14.7 Å². The van der Waals surface area contributed by atoms with E-state index >= 15 is 0 Å². The van der Waals surface area contributed by atoms with E-state index in [1.807, 2.05) is 24.3 Å². The number of amides is 2. The van der Waals surface area contributed by atoms with Crippen molar-refractivity contribution in [3.8, 4) is 11.1 Å². The lowest BCUT2D eigenvalue weighted by Gasteiger charge is -2.21. The fraction of sp³-hybridized carbons (Fsp3) is 0.375. The molecule has 0 radical (unpaired) electrons. The van der Waals surface area contributed by atoms with Crippen LogP contribution >= 0.6 is 0 Å². The average molecular weight is 438 g/mol. The Labute approximate surface area is 185 Å². The number of fused-ring (bicyclic) bond motifs is 3. The first-order valence-corrected chi connectivity index (χ1v) is 10.8. The van der Waals surface area contributed by atoms with E-state index in [-0.39, 0.29) is 12.5 Å². The molecule has 2 aliphatic rings. The Bertz CT molecular complexity index is 978. The van der Waals surface area contributed by atoms with Crippen LogP contribution in [0.2, 0.25) is 0 Å². The fourth-order valence-electron chi connectivity index (χ4n) is 4.51. The van der Waals surface area contributed by atoms with Gasteiger partial charge in [0.25, 0.3) is 0 Å². The van der Waals surface area contributed by atoms with E-state index in [1.165, 1.54) is 6.92 Å². The minimum atomic E-state index is -1.18. The van der Waals surface area contributed by atoms with Crippen LogP contribution in [-0.2, 0) is 19.2 Å². The maximum atomic E-state index is 12.5. The van der Waals surface area contributed by atoms with E-state index in [0.717, 1.165) is 28.7 Å². The summed E-state index contributed by atoms with van der Waals surface area (Å²) in [5.41, 5.74) is 6.76. The van der Waals surface area contributed by atoms with Gasteiger partial charge in [-0.05, 0) is 42.0 Å². The third-order valence-electron chi connectivity index (χ3n) is 6.18. The predicted octanol–water partition coefficient (Wildman–Crippen LogP) is 3.21. The van der Waals surface area contributed by atoms with E-state index in [2.05, 4.69) is 35.1 Å². The molecule has 3 atom stereocenters. The van der Waals surface area contributed by atoms with E-state index in [9.17, 15) is 14.4 Å². The summed E-state index contributed by atoms with van der Waals surface area (Å²) >= 11 is 0. The maximum absolute atomic E-state index is 12.5. The zero-order chi connectivity index (χ0) is 22.7. The van der Waals surface area contributed by atoms with Gasteiger partial charge in [-0.1, -0.05) is 55.0 Å². The Morgan fingerprint density at radius 2 is 1.66 bits per heavy atom. The Morgan fingerprint density at radius 1 is 1.03 bits per heavy atom. The van der Waals surface area contributed by atoms with Crippen molar-refractivity contribution in [2.45, 2.75) is 44.2 Å². The third-order valence-corrected chi connectivity index (χ3v) is 6.18. The maximum Gasteiger partial charge on any atom is 0.407 e. The molecular weight excluding hydrogens is 412 g/mol. The van der Waals surface area contributed by atoms with Gasteiger partial charge in [0.1, 0.15) is 6.61 Å². The van der Waals surface area contributed by atoms with Crippen LogP contribution in [0.25, 0.3) is 11.1 Å². The number of carboxylic acids is 1. The molecule has 8 heteroatoms. The highest BCUT2D eigenvalue weighted by Crippen LogP contribution is 2.44. The number of benzene rings is 2. The lowest BCUT2D eigenvalue weighted by atomic mass is 9.98. The number of alkyl carbamates (subject to hydrolysis) is 1. The highest BCUT2D eigenvalue weighted by atomic mass is 16.7. The summed E-state index contributed by atoms with van der Waals surface area (Å²) in [4.78, 5) is 40.6. The normalized spacial score (nSPS) is 20.2. The zero-order valence-electron chi connectivity index (χ0n) is 17.7. The molecule has 0 aromatic heterocycles. The minimum Gasteiger partial charge on any atom is -0.479 e. The topological polar surface area (TPSA) is 114 Å². The average Bonchev–Trinajstić information content (AvgIpc) is 3.38. The van der Waals surface area contributed by atoms with Gasteiger partial charge in [0.2, 0.25) is 5.91 Å². The molecule has 2 aromatic rings. The number of carbonyl (C=O) groups is 3. The molecule has 32 heavy (non-hydrogen) atoms. The summed E-state index contributed by atoms with van der Waals surface area (Å²) in [6.07, 6.45) is 0.244. The largest absolute Gasteiger partial charge is 0.479 e. The molecule has 2 aromatic carbocycles. The van der Waals surface area contributed by atoms with Crippen LogP contribution in [0.4, 0.5) is 4.79 Å². The Morgan fingerprint density at radius 3 is 2.28 bits per heavy atom. The summed E-state index contributed by atoms with van der Waals surface area (Å²) in [5, 5.41) is 11.7. The van der Waals surface area contributed by atoms with Gasteiger partial charge in [-0.15, -0.1) is 0 Å². The number of hydrogen-bond donors (Lipinski definition) is 3. The van der Waals surface area contributed by atoms with Gasteiger partial charge in [-0.3, -0.25) is 9.63 Å². The molecule has 8 nitrogen and oxygen atoms in total. The first-order chi connectivity index (χ1) is 15.5. The van der Waals surface area contributed by atoms with Gasteiger partial charge in [0.05, 0.1) is 5.92 Å². The number of hydrogen-bond acceptors (Lipinski definition) is 5. The van der Waals surface area contributed by atoms with Gasteiger partial charge < -0.3 is 15.2 Å². The summed E-state index contributed by atoms with van der Waals surface area (Å²) in [5.74, 6) is -2.16. The first kappa shape index (κ1) is 21.8. The zero-order valence-corrected chi connectivity index (χ0v) is 17.7. The SMILES string of the molecule is CC(ONC(=O)[C@H]1CCC[C@H]1NC(=O)OCC1c2ccccc2-c2ccccc21)C(=O)O. The van der Waals surface area contributed by atoms with Gasteiger partial charge in [-0.2, -0.15) is 0 Å². The fourth-order valence-corrected chi connectivity index (χ4v) is 4.51. The number of carbonyl (C=O) groups excluding carboxylic acids is 2. The van der Waals surface area contributed by atoms with Gasteiger partial charge >= 0.3 is 12.1 Å². The summed E-state index contributed by atoms with van der Waals surface area (Å²) in [6.45, 7) is 1.52. The minimum absolute atomic E-state index is 0.0401. The van der Waals surface area contributed by atoms with Crippen molar-refractivity contribution in [2.75, 3.05) is 6.61 Å². The monoisotopic (exact) mass is 438 g/mol. The number of hydroxylamine groups is 1. The molecule has 1 fully saturated rings. The van der Waals surface area contributed by atoms with Crippen LogP contribution in [0.1, 0.15) is 43.2 Å². The highest BCUT2D eigenvalue weighted by Gasteiger charge is 2.35. The van der Waals surface area contributed by atoms with Gasteiger partial charge in [0, 0.05) is 12.0 Å². The molecule has 2 amide bonds. The van der Waals surface area contributed by atoms with Crippen LogP contribution in [0.5, 0.6) is 0 Å². The molecule has 4 rings (SSSR count). The van der Waals surface area contributed by atoms with Crippen molar-refractivity contribution in [1.82, 2.24) is 10.8 Å². The van der Waals surface area contributed by atoms with E-state index < -0.39 is 36.0 Å². The molecule has 0 spiro atoms. The van der Waals surface area contributed by atoms with Crippen LogP contribution in [0, 0.1) is 5.92 Å². The molecular formula is C24H26N2O6. The molecule has 0 saturated heterocycles. The van der Waals surface area contributed by atoms with E-state index in [0.29, 0.717) is 12.8 Å². The third kappa shape index (κ3) is 4.45. The van der Waals surface area contributed by atoms with Crippen LogP contribution in [0.15, 0.2) is 48.5 Å². The van der Waals surface area contributed by atoms with Crippen molar-refractivity contribution in [1.29, 1.82) is 0 Å². The van der Waals surface area contributed by atoms with Crippen molar-refractivity contribution >= 4 is 18.0 Å². The second-order valence-electron chi connectivity index (χ2n) is 8.18. The number of carboxylic acid groups (broad SMARTS) is 1. The molecule has 168 valence electrons. The number of aliphatic carboxylic acids is 1. The quantitative estimate of drug-likeness (QED) is 0.572. The van der Waals surface area contributed by atoms with Crippen molar-refractivity contribution in [3.63, 3.8) is 0 Å². The highest BCUT2D eigenvalue weighted by molar-refractivity contribution is 5.81. The second-order valence-corrected chi connectivity index (χ2v) is 8.18. The van der Waals surface area contributed by atoms with Crippen LogP contribution in [0.3, 0.4) is 0 Å². The van der Waals surface area contributed by atoms with Crippen molar-refractivity contribution < 1.29 is 29.1 Å².